The topological polar surface area (TPSA) is 44.5 Å². The van der Waals surface area contributed by atoms with Gasteiger partial charge in [0, 0.05) is 16.6 Å². The fraction of sp³-hybridized carbons (Fsp3) is 0.0769. The van der Waals surface area contributed by atoms with Crippen LogP contribution in [0.1, 0.15) is 0 Å². The van der Waals surface area contributed by atoms with Gasteiger partial charge in [0.2, 0.25) is 0 Å². The second-order valence-electron chi connectivity index (χ2n) is 3.51. The van der Waals surface area contributed by atoms with Gasteiger partial charge < -0.3 is 15.2 Å². The first kappa shape index (κ1) is 11.7. The molecule has 2 aromatic rings. The Morgan fingerprint density at radius 2 is 1.88 bits per heavy atom. The fourth-order valence-corrected chi connectivity index (χ4v) is 1.64. The van der Waals surface area contributed by atoms with Crippen LogP contribution in [-0.2, 0) is 0 Å². The number of nitrogen functional groups attached to an aromatic ring is 1. The molecular formula is C13H13NO2S. The molecule has 2 aromatic carbocycles. The van der Waals surface area contributed by atoms with E-state index < -0.39 is 0 Å². The highest BCUT2D eigenvalue weighted by atomic mass is 32.1. The van der Waals surface area contributed by atoms with Crippen LogP contribution in [0.5, 0.6) is 17.2 Å². The first-order valence-electron chi connectivity index (χ1n) is 5.09. The normalized spacial score (nSPS) is 10.0. The molecule has 0 heterocycles. The molecule has 0 aliphatic carbocycles. The number of benzene rings is 2. The first-order chi connectivity index (χ1) is 8.19. The molecule has 2 rings (SSSR count). The standard InChI is InChI=1S/C13H13NO2S/c1-15-13-8-11(17)5-6-12(13)16-10-4-2-3-9(14)7-10/h2-8,17H,14H2,1H3. The lowest BCUT2D eigenvalue weighted by Gasteiger charge is -2.10. The van der Waals surface area contributed by atoms with E-state index in [-0.39, 0.29) is 0 Å². The molecule has 17 heavy (non-hydrogen) atoms. The third kappa shape index (κ3) is 2.85. The number of anilines is 1. The first-order valence-corrected chi connectivity index (χ1v) is 5.54. The number of thiol groups is 1. The fourth-order valence-electron chi connectivity index (χ4n) is 1.45. The Bertz CT molecular complexity index is 529. The molecule has 2 N–H and O–H groups in total. The second-order valence-corrected chi connectivity index (χ2v) is 4.03. The predicted octanol–water partition coefficient (Wildman–Crippen LogP) is 3.36. The smallest absolute Gasteiger partial charge is 0.169 e. The molecule has 3 nitrogen and oxygen atoms in total. The molecule has 0 saturated heterocycles. The van der Waals surface area contributed by atoms with Crippen molar-refractivity contribution in [1.29, 1.82) is 0 Å². The van der Waals surface area contributed by atoms with Crippen molar-refractivity contribution in [2.24, 2.45) is 0 Å². The van der Waals surface area contributed by atoms with Gasteiger partial charge in [-0.1, -0.05) is 6.07 Å². The molecule has 0 aliphatic heterocycles. The summed E-state index contributed by atoms with van der Waals surface area (Å²) in [4.78, 5) is 0.821. The lowest BCUT2D eigenvalue weighted by molar-refractivity contribution is 0.378. The summed E-state index contributed by atoms with van der Waals surface area (Å²) in [5.74, 6) is 1.95. The van der Waals surface area contributed by atoms with Crippen LogP contribution in [0.4, 0.5) is 5.69 Å². The molecule has 0 aliphatic rings. The van der Waals surface area contributed by atoms with Crippen LogP contribution in [-0.4, -0.2) is 7.11 Å². The minimum atomic E-state index is 0.635. The number of methoxy groups -OCH3 is 1. The highest BCUT2D eigenvalue weighted by molar-refractivity contribution is 7.80. The Hall–Kier alpha value is -1.81. The van der Waals surface area contributed by atoms with Crippen LogP contribution in [0.25, 0.3) is 0 Å². The van der Waals surface area contributed by atoms with Gasteiger partial charge in [-0.05, 0) is 30.3 Å². The van der Waals surface area contributed by atoms with Crippen molar-refractivity contribution in [3.63, 3.8) is 0 Å². The Labute approximate surface area is 106 Å². The van der Waals surface area contributed by atoms with Crippen molar-refractivity contribution in [3.05, 3.63) is 42.5 Å². The zero-order valence-electron chi connectivity index (χ0n) is 9.38. The van der Waals surface area contributed by atoms with Crippen LogP contribution in [0.2, 0.25) is 0 Å². The summed E-state index contributed by atoms with van der Waals surface area (Å²) in [7, 11) is 1.59. The Morgan fingerprint density at radius 1 is 1.06 bits per heavy atom. The Balaban J connectivity index is 2.29. The van der Waals surface area contributed by atoms with E-state index in [1.165, 1.54) is 0 Å². The maximum Gasteiger partial charge on any atom is 0.169 e. The molecule has 0 unspecified atom stereocenters. The van der Waals surface area contributed by atoms with Crippen LogP contribution in [0, 0.1) is 0 Å². The molecule has 0 aromatic heterocycles. The van der Waals surface area contributed by atoms with E-state index in [9.17, 15) is 0 Å². The van der Waals surface area contributed by atoms with Gasteiger partial charge in [0.15, 0.2) is 11.5 Å². The average molecular weight is 247 g/mol. The van der Waals surface area contributed by atoms with Crippen LogP contribution < -0.4 is 15.2 Å². The van der Waals surface area contributed by atoms with Gasteiger partial charge >= 0.3 is 0 Å². The lowest BCUT2D eigenvalue weighted by Crippen LogP contribution is -1.91. The summed E-state index contributed by atoms with van der Waals surface area (Å²) in [5, 5.41) is 0. The SMILES string of the molecule is COc1cc(S)ccc1Oc1cccc(N)c1. The van der Waals surface area contributed by atoms with Crippen LogP contribution in [0.15, 0.2) is 47.4 Å². The molecule has 0 atom stereocenters. The minimum absolute atomic E-state index is 0.635. The molecule has 0 spiro atoms. The Kier molecular flexibility index (Phi) is 3.44. The predicted molar refractivity (Wildman–Crippen MR) is 71.2 cm³/mol. The van der Waals surface area contributed by atoms with E-state index >= 15 is 0 Å². The van der Waals surface area contributed by atoms with Gasteiger partial charge in [-0.15, -0.1) is 12.6 Å². The van der Waals surface area contributed by atoms with E-state index in [4.69, 9.17) is 15.2 Å². The summed E-state index contributed by atoms with van der Waals surface area (Å²) in [6.45, 7) is 0. The summed E-state index contributed by atoms with van der Waals surface area (Å²) in [5.41, 5.74) is 6.34. The van der Waals surface area contributed by atoms with Crippen molar-refractivity contribution in [3.8, 4) is 17.2 Å². The third-order valence-corrected chi connectivity index (χ3v) is 2.51. The average Bonchev–Trinajstić information content (AvgIpc) is 2.31. The van der Waals surface area contributed by atoms with E-state index in [0.29, 0.717) is 22.9 Å². The quantitative estimate of drug-likeness (QED) is 0.645. The van der Waals surface area contributed by atoms with Gasteiger partial charge in [0.25, 0.3) is 0 Å². The number of nitrogens with two attached hydrogens (primary N) is 1. The van der Waals surface area contributed by atoms with Crippen LogP contribution >= 0.6 is 12.6 Å². The van der Waals surface area contributed by atoms with Gasteiger partial charge in [-0.3, -0.25) is 0 Å². The van der Waals surface area contributed by atoms with E-state index in [0.717, 1.165) is 4.90 Å². The number of hydrogen-bond acceptors (Lipinski definition) is 4. The second kappa shape index (κ2) is 5.01. The van der Waals surface area contributed by atoms with Gasteiger partial charge in [-0.25, -0.2) is 0 Å². The molecule has 0 radical (unpaired) electrons. The van der Waals surface area contributed by atoms with Crippen molar-refractivity contribution >= 4 is 18.3 Å². The molecule has 0 amide bonds. The third-order valence-electron chi connectivity index (χ3n) is 2.23. The van der Waals surface area contributed by atoms with E-state index in [2.05, 4.69) is 12.6 Å². The van der Waals surface area contributed by atoms with Gasteiger partial charge in [0.1, 0.15) is 5.75 Å². The van der Waals surface area contributed by atoms with Crippen molar-refractivity contribution in [2.75, 3.05) is 12.8 Å². The van der Waals surface area contributed by atoms with Crippen molar-refractivity contribution in [2.45, 2.75) is 4.90 Å². The Morgan fingerprint density at radius 3 is 2.59 bits per heavy atom. The number of rotatable bonds is 3. The van der Waals surface area contributed by atoms with Crippen molar-refractivity contribution < 1.29 is 9.47 Å². The van der Waals surface area contributed by atoms with Gasteiger partial charge in [-0.2, -0.15) is 0 Å². The molecule has 0 bridgehead atoms. The lowest BCUT2D eigenvalue weighted by atomic mass is 10.3. The summed E-state index contributed by atoms with van der Waals surface area (Å²) in [6.07, 6.45) is 0. The molecule has 88 valence electrons. The zero-order valence-corrected chi connectivity index (χ0v) is 10.3. The maximum absolute atomic E-state index is 5.70. The summed E-state index contributed by atoms with van der Waals surface area (Å²) < 4.78 is 10.9. The summed E-state index contributed by atoms with van der Waals surface area (Å²) in [6, 6.07) is 12.7. The van der Waals surface area contributed by atoms with E-state index in [1.807, 2.05) is 24.3 Å². The molecular weight excluding hydrogens is 234 g/mol. The van der Waals surface area contributed by atoms with Crippen molar-refractivity contribution in [1.82, 2.24) is 0 Å². The van der Waals surface area contributed by atoms with E-state index in [1.54, 1.807) is 25.3 Å². The summed E-state index contributed by atoms with van der Waals surface area (Å²) >= 11 is 4.24. The number of ether oxygens (including phenoxy) is 2. The maximum atomic E-state index is 5.70. The van der Waals surface area contributed by atoms with Crippen LogP contribution in [0.3, 0.4) is 0 Å². The zero-order chi connectivity index (χ0) is 12.3. The molecule has 4 heteroatoms. The van der Waals surface area contributed by atoms with Gasteiger partial charge in [0.05, 0.1) is 7.11 Å². The minimum Gasteiger partial charge on any atom is -0.493 e. The molecule has 0 saturated carbocycles. The molecule has 0 fully saturated rings. The monoisotopic (exact) mass is 247 g/mol. The highest BCUT2D eigenvalue weighted by Gasteiger charge is 2.05. The number of hydrogen-bond donors (Lipinski definition) is 2. The largest absolute Gasteiger partial charge is 0.493 e. The highest BCUT2D eigenvalue weighted by Crippen LogP contribution is 2.33.